The highest BCUT2D eigenvalue weighted by Crippen LogP contribution is 2.57. The predicted octanol–water partition coefficient (Wildman–Crippen LogP) is -1.22. The number of ether oxygens (including phenoxy) is 1. The van der Waals surface area contributed by atoms with Gasteiger partial charge < -0.3 is 24.5 Å². The Labute approximate surface area is 151 Å². The highest BCUT2D eigenvalue weighted by Gasteiger charge is 2.39. The first-order valence-corrected chi connectivity index (χ1v) is 10.3. The van der Waals surface area contributed by atoms with Gasteiger partial charge in [-0.15, -0.1) is 5.92 Å². The van der Waals surface area contributed by atoms with Crippen molar-refractivity contribution in [2.75, 3.05) is 6.61 Å². The molecule has 0 amide bonds. The lowest BCUT2D eigenvalue weighted by molar-refractivity contribution is -0.0450. The quantitative estimate of drug-likeness (QED) is 0.270. The minimum absolute atomic E-state index is 0.00945. The molecule has 4 atom stereocenters. The third kappa shape index (κ3) is 5.95. The molecule has 1 aliphatic rings. The molecule has 0 aromatic carbocycles. The van der Waals surface area contributed by atoms with Crippen LogP contribution < -0.4 is 11.2 Å². The Morgan fingerprint density at radius 3 is 2.63 bits per heavy atom. The van der Waals surface area contributed by atoms with E-state index < -0.39 is 51.9 Å². The van der Waals surface area contributed by atoms with Gasteiger partial charge in [-0.3, -0.25) is 18.9 Å². The topological polar surface area (TPSA) is 198 Å². The molecular formula is C12H16N2O11P2. The lowest BCUT2D eigenvalue weighted by Crippen LogP contribution is -2.33. The van der Waals surface area contributed by atoms with Crippen LogP contribution in [0.2, 0.25) is 0 Å². The van der Waals surface area contributed by atoms with Gasteiger partial charge in [-0.1, -0.05) is 5.92 Å². The molecule has 0 spiro atoms. The standard InChI is InChI=1S/C12H16N2O11P2/c1-2-3-7-5-14(12(17)13-11(7)16)10-4-8(15)9(24-10)6-23-27(21,22)25-26(18,19)20/h5,8-10,15H,4,6H2,1H3,(H,21,22)(H,13,16,17)(H2,18,19,20)/t8-,9+,10+/m0/s1. The van der Waals surface area contributed by atoms with E-state index >= 15 is 0 Å². The SMILES string of the molecule is CC#Cc1cn([C@H]2C[C@H](O)[C@@H](COP(=O)(O)OP(=O)(O)O)O2)c(=O)[nH]c1=O. The van der Waals surface area contributed by atoms with Gasteiger partial charge in [0.05, 0.1) is 12.7 Å². The summed E-state index contributed by atoms with van der Waals surface area (Å²) in [6, 6.07) is 0. The normalized spacial score (nSPS) is 24.9. The molecule has 0 saturated carbocycles. The zero-order valence-electron chi connectivity index (χ0n) is 13.7. The molecule has 0 aliphatic carbocycles. The number of aromatic nitrogens is 2. The number of hydrogen-bond donors (Lipinski definition) is 5. The van der Waals surface area contributed by atoms with Crippen LogP contribution in [-0.2, 0) is 22.7 Å². The molecule has 5 N–H and O–H groups in total. The van der Waals surface area contributed by atoms with Gasteiger partial charge in [-0.25, -0.2) is 13.9 Å². The molecule has 2 heterocycles. The van der Waals surface area contributed by atoms with Crippen LogP contribution in [0.4, 0.5) is 0 Å². The van der Waals surface area contributed by atoms with Crippen LogP contribution in [0, 0.1) is 11.8 Å². The molecule has 1 saturated heterocycles. The molecule has 1 aliphatic heterocycles. The van der Waals surface area contributed by atoms with Crippen molar-refractivity contribution in [2.45, 2.75) is 31.8 Å². The highest BCUT2D eigenvalue weighted by atomic mass is 31.3. The van der Waals surface area contributed by atoms with E-state index in [9.17, 15) is 28.7 Å². The van der Waals surface area contributed by atoms with Crippen molar-refractivity contribution in [3.8, 4) is 11.8 Å². The van der Waals surface area contributed by atoms with Crippen molar-refractivity contribution in [3.63, 3.8) is 0 Å². The number of phosphoric ester groups is 1. The summed E-state index contributed by atoms with van der Waals surface area (Å²) < 4.78 is 36.4. The smallest absolute Gasteiger partial charge is 0.390 e. The maximum Gasteiger partial charge on any atom is 0.481 e. The lowest BCUT2D eigenvalue weighted by Gasteiger charge is -2.18. The predicted molar refractivity (Wildman–Crippen MR) is 87.3 cm³/mol. The summed E-state index contributed by atoms with van der Waals surface area (Å²) in [6.45, 7) is 0.732. The lowest BCUT2D eigenvalue weighted by atomic mass is 10.2. The van der Waals surface area contributed by atoms with Gasteiger partial charge in [0, 0.05) is 12.6 Å². The zero-order chi connectivity index (χ0) is 20.4. The average molecular weight is 426 g/mol. The molecule has 2 rings (SSSR count). The Hall–Kier alpha value is -1.58. The summed E-state index contributed by atoms with van der Waals surface area (Å²) in [6.07, 6.45) is -2.49. The Bertz CT molecular complexity index is 968. The van der Waals surface area contributed by atoms with Crippen molar-refractivity contribution < 1.29 is 42.5 Å². The summed E-state index contributed by atoms with van der Waals surface area (Å²) in [5, 5.41) is 9.98. The molecule has 13 nitrogen and oxygen atoms in total. The summed E-state index contributed by atoms with van der Waals surface area (Å²) in [5.74, 6) is 5.00. The van der Waals surface area contributed by atoms with E-state index in [-0.39, 0.29) is 12.0 Å². The second-order valence-corrected chi connectivity index (χ2v) is 8.18. The molecule has 1 unspecified atom stereocenters. The van der Waals surface area contributed by atoms with Gasteiger partial charge in [-0.2, -0.15) is 4.31 Å². The maximum atomic E-state index is 11.9. The number of hydrogen-bond acceptors (Lipinski definition) is 8. The van der Waals surface area contributed by atoms with Gasteiger partial charge in [0.1, 0.15) is 17.9 Å². The fraction of sp³-hybridized carbons (Fsp3) is 0.500. The van der Waals surface area contributed by atoms with E-state index in [4.69, 9.17) is 14.5 Å². The fourth-order valence-electron chi connectivity index (χ4n) is 2.28. The second kappa shape index (κ2) is 8.20. The van der Waals surface area contributed by atoms with E-state index in [1.807, 2.05) is 4.98 Å². The van der Waals surface area contributed by atoms with Crippen molar-refractivity contribution in [2.24, 2.45) is 0 Å². The Morgan fingerprint density at radius 1 is 1.37 bits per heavy atom. The molecule has 1 aromatic rings. The first-order valence-electron chi connectivity index (χ1n) is 7.28. The number of aliphatic hydroxyl groups excluding tert-OH is 1. The van der Waals surface area contributed by atoms with E-state index in [0.717, 1.165) is 10.8 Å². The van der Waals surface area contributed by atoms with Crippen LogP contribution in [0.25, 0.3) is 0 Å². The second-order valence-electron chi connectivity index (χ2n) is 5.35. The number of rotatable bonds is 6. The Morgan fingerprint density at radius 2 is 2.04 bits per heavy atom. The van der Waals surface area contributed by atoms with Crippen molar-refractivity contribution in [1.29, 1.82) is 0 Å². The van der Waals surface area contributed by atoms with Gasteiger partial charge in [-0.05, 0) is 6.92 Å². The first kappa shape index (κ1) is 21.7. The van der Waals surface area contributed by atoms with Crippen molar-refractivity contribution in [1.82, 2.24) is 9.55 Å². The molecule has 1 fully saturated rings. The van der Waals surface area contributed by atoms with Crippen LogP contribution in [-0.4, -0.2) is 48.2 Å². The largest absolute Gasteiger partial charge is 0.481 e. The third-order valence-electron chi connectivity index (χ3n) is 3.35. The third-order valence-corrected chi connectivity index (χ3v) is 5.51. The monoisotopic (exact) mass is 426 g/mol. The zero-order valence-corrected chi connectivity index (χ0v) is 15.5. The van der Waals surface area contributed by atoms with Crippen molar-refractivity contribution in [3.05, 3.63) is 32.6 Å². The minimum Gasteiger partial charge on any atom is -0.390 e. The van der Waals surface area contributed by atoms with Gasteiger partial charge in [0.25, 0.3) is 5.56 Å². The maximum absolute atomic E-state index is 11.9. The van der Waals surface area contributed by atoms with E-state index in [2.05, 4.69) is 20.7 Å². The fourth-order valence-corrected chi connectivity index (χ4v) is 3.88. The van der Waals surface area contributed by atoms with Crippen LogP contribution in [0.3, 0.4) is 0 Å². The van der Waals surface area contributed by atoms with Crippen molar-refractivity contribution >= 4 is 15.6 Å². The molecule has 1 aromatic heterocycles. The van der Waals surface area contributed by atoms with E-state index in [1.165, 1.54) is 6.92 Å². The van der Waals surface area contributed by atoms with Crippen LogP contribution in [0.15, 0.2) is 15.8 Å². The van der Waals surface area contributed by atoms with E-state index in [0.29, 0.717) is 0 Å². The average Bonchev–Trinajstić information content (AvgIpc) is 2.86. The number of H-pyrrole nitrogens is 1. The molecule has 0 bridgehead atoms. The van der Waals surface area contributed by atoms with Gasteiger partial charge in [0.2, 0.25) is 0 Å². The molecule has 150 valence electrons. The Kier molecular flexibility index (Phi) is 6.59. The minimum atomic E-state index is -5.28. The number of aromatic amines is 1. The number of aliphatic hydroxyl groups is 1. The summed E-state index contributed by atoms with van der Waals surface area (Å²) in [4.78, 5) is 51.9. The van der Waals surface area contributed by atoms with E-state index in [1.54, 1.807) is 0 Å². The summed E-state index contributed by atoms with van der Waals surface area (Å²) in [5.41, 5.74) is -1.53. The number of nitrogens with zero attached hydrogens (tertiary/aromatic N) is 1. The molecule has 15 heteroatoms. The molecule has 0 radical (unpaired) electrons. The van der Waals surface area contributed by atoms with Crippen LogP contribution >= 0.6 is 15.6 Å². The number of phosphoric acid groups is 2. The number of nitrogens with one attached hydrogen (secondary N) is 1. The highest BCUT2D eigenvalue weighted by molar-refractivity contribution is 7.60. The van der Waals surface area contributed by atoms with Gasteiger partial charge in [0.15, 0.2) is 0 Å². The summed E-state index contributed by atoms with van der Waals surface area (Å²) in [7, 11) is -10.4. The van der Waals surface area contributed by atoms with Gasteiger partial charge >= 0.3 is 21.3 Å². The molecule has 27 heavy (non-hydrogen) atoms. The Balaban J connectivity index is 2.13. The first-order chi connectivity index (χ1) is 12.4. The van der Waals surface area contributed by atoms with Crippen LogP contribution in [0.1, 0.15) is 25.1 Å². The summed E-state index contributed by atoms with van der Waals surface area (Å²) >= 11 is 0. The molecular weight excluding hydrogens is 410 g/mol. The van der Waals surface area contributed by atoms with Crippen LogP contribution in [0.5, 0.6) is 0 Å².